The number of nitrogens with zero attached hydrogens (tertiary/aromatic N) is 2. The Kier molecular flexibility index (Phi) is 3.20. The van der Waals surface area contributed by atoms with Crippen LogP contribution in [0.4, 0.5) is 9.80 Å². The molecule has 1 aliphatic heterocycles. The molecular weight excluding hydrogens is 238 g/mol. The summed E-state index contributed by atoms with van der Waals surface area (Å²) in [5, 5.41) is 9.58. The van der Waals surface area contributed by atoms with Crippen LogP contribution in [0.1, 0.15) is 22.9 Å². The van der Waals surface area contributed by atoms with Crippen molar-refractivity contribution in [1.82, 2.24) is 4.90 Å². The molecule has 2 rings (SSSR count). The molecule has 6 heteroatoms. The van der Waals surface area contributed by atoms with Gasteiger partial charge in [0.25, 0.3) is 0 Å². The van der Waals surface area contributed by atoms with Crippen LogP contribution in [0.25, 0.3) is 0 Å². The van der Waals surface area contributed by atoms with Gasteiger partial charge in [0, 0.05) is 23.4 Å². The molecule has 0 fully saturated rings. The van der Waals surface area contributed by atoms with Crippen molar-refractivity contribution < 1.29 is 9.53 Å². The summed E-state index contributed by atoms with van der Waals surface area (Å²) in [4.78, 5) is 14.3. The molecule has 0 bridgehead atoms. The van der Waals surface area contributed by atoms with Gasteiger partial charge in [-0.05, 0) is 6.92 Å². The van der Waals surface area contributed by atoms with Crippen LogP contribution in [0.2, 0.25) is 0 Å². The number of amides is 1. The Morgan fingerprint density at radius 2 is 2.47 bits per heavy atom. The summed E-state index contributed by atoms with van der Waals surface area (Å²) >= 11 is 1.44. The molecule has 0 saturated heterocycles. The number of thiophene rings is 1. The standard InChI is InChI=1S/C11H13N3O2S/c1-2-16-11(15)14-4-3-9-8(6-14)7(5-12)10(13)17-9/h2-4,6,13H2,1H3. The third-order valence-corrected chi connectivity index (χ3v) is 3.83. The molecule has 0 spiro atoms. The van der Waals surface area contributed by atoms with Gasteiger partial charge in [0.15, 0.2) is 0 Å². The van der Waals surface area contributed by atoms with Crippen molar-refractivity contribution >= 4 is 22.4 Å². The van der Waals surface area contributed by atoms with Gasteiger partial charge in [0.2, 0.25) is 0 Å². The molecule has 17 heavy (non-hydrogen) atoms. The third kappa shape index (κ3) is 2.06. The Hall–Kier alpha value is -1.74. The van der Waals surface area contributed by atoms with Gasteiger partial charge in [-0.15, -0.1) is 11.3 Å². The Morgan fingerprint density at radius 3 is 3.12 bits per heavy atom. The number of nitriles is 1. The quantitative estimate of drug-likeness (QED) is 0.824. The lowest BCUT2D eigenvalue weighted by Crippen LogP contribution is -2.36. The second kappa shape index (κ2) is 4.63. The number of rotatable bonds is 1. The van der Waals surface area contributed by atoms with Crippen LogP contribution in [-0.4, -0.2) is 24.1 Å². The number of carbonyl (C=O) groups is 1. The second-order valence-electron chi connectivity index (χ2n) is 3.73. The van der Waals surface area contributed by atoms with Crippen LogP contribution in [-0.2, 0) is 17.7 Å². The van der Waals surface area contributed by atoms with Gasteiger partial charge in [-0.1, -0.05) is 0 Å². The molecule has 1 aliphatic rings. The van der Waals surface area contributed by atoms with Crippen molar-refractivity contribution in [2.75, 3.05) is 18.9 Å². The highest BCUT2D eigenvalue weighted by Gasteiger charge is 2.26. The second-order valence-corrected chi connectivity index (χ2v) is 4.86. The van der Waals surface area contributed by atoms with E-state index >= 15 is 0 Å². The van der Waals surface area contributed by atoms with E-state index in [-0.39, 0.29) is 6.09 Å². The van der Waals surface area contributed by atoms with Crippen LogP contribution in [0, 0.1) is 11.3 Å². The Balaban J connectivity index is 2.23. The molecule has 90 valence electrons. The fourth-order valence-corrected chi connectivity index (χ4v) is 2.92. The molecule has 2 heterocycles. The van der Waals surface area contributed by atoms with Crippen LogP contribution in [0.5, 0.6) is 0 Å². The first-order chi connectivity index (χ1) is 8.17. The number of fused-ring (bicyclic) bond motifs is 1. The zero-order chi connectivity index (χ0) is 12.4. The lowest BCUT2D eigenvalue weighted by molar-refractivity contribution is 0.103. The maximum atomic E-state index is 11.6. The Labute approximate surface area is 103 Å². The van der Waals surface area contributed by atoms with Crippen molar-refractivity contribution in [2.45, 2.75) is 19.9 Å². The fraction of sp³-hybridized carbons (Fsp3) is 0.455. The van der Waals surface area contributed by atoms with Crippen LogP contribution in [0.15, 0.2) is 0 Å². The summed E-state index contributed by atoms with van der Waals surface area (Å²) in [5.41, 5.74) is 7.17. The minimum absolute atomic E-state index is 0.327. The fourth-order valence-electron chi connectivity index (χ4n) is 1.90. The monoisotopic (exact) mass is 251 g/mol. The molecule has 0 aliphatic carbocycles. The topological polar surface area (TPSA) is 79.3 Å². The molecule has 0 atom stereocenters. The van der Waals surface area contributed by atoms with Crippen molar-refractivity contribution in [3.63, 3.8) is 0 Å². The van der Waals surface area contributed by atoms with E-state index < -0.39 is 0 Å². The third-order valence-electron chi connectivity index (χ3n) is 2.71. The maximum absolute atomic E-state index is 11.6. The van der Waals surface area contributed by atoms with E-state index in [4.69, 9.17) is 15.7 Å². The van der Waals surface area contributed by atoms with Crippen LogP contribution in [0.3, 0.4) is 0 Å². The summed E-state index contributed by atoms with van der Waals surface area (Å²) in [6.45, 7) is 3.18. The van der Waals surface area contributed by atoms with Gasteiger partial charge < -0.3 is 15.4 Å². The van der Waals surface area contributed by atoms with E-state index in [1.165, 1.54) is 11.3 Å². The van der Waals surface area contributed by atoms with Crippen molar-refractivity contribution in [3.8, 4) is 6.07 Å². The summed E-state index contributed by atoms with van der Waals surface area (Å²) in [6, 6.07) is 2.10. The Bertz CT molecular complexity index is 490. The maximum Gasteiger partial charge on any atom is 0.410 e. The molecule has 5 nitrogen and oxygen atoms in total. The van der Waals surface area contributed by atoms with Crippen molar-refractivity contribution in [1.29, 1.82) is 5.26 Å². The van der Waals surface area contributed by atoms with E-state index in [1.54, 1.807) is 11.8 Å². The predicted octanol–water partition coefficient (Wildman–Crippen LogP) is 1.72. The molecule has 0 unspecified atom stereocenters. The van der Waals surface area contributed by atoms with Gasteiger partial charge in [-0.3, -0.25) is 0 Å². The van der Waals surface area contributed by atoms with E-state index in [1.807, 2.05) is 0 Å². The van der Waals surface area contributed by atoms with Gasteiger partial charge in [0.1, 0.15) is 11.1 Å². The van der Waals surface area contributed by atoms with Gasteiger partial charge in [-0.2, -0.15) is 5.26 Å². The molecule has 1 amide bonds. The van der Waals surface area contributed by atoms with Crippen LogP contribution < -0.4 is 5.73 Å². The zero-order valence-electron chi connectivity index (χ0n) is 9.52. The molecular formula is C11H13N3O2S. The lowest BCUT2D eigenvalue weighted by atomic mass is 10.1. The molecule has 0 saturated carbocycles. The van der Waals surface area contributed by atoms with Crippen LogP contribution >= 0.6 is 11.3 Å². The number of hydrogen-bond acceptors (Lipinski definition) is 5. The number of hydrogen-bond donors (Lipinski definition) is 1. The highest BCUT2D eigenvalue weighted by Crippen LogP contribution is 2.34. The Morgan fingerprint density at radius 1 is 1.71 bits per heavy atom. The normalized spacial score (nSPS) is 14.0. The zero-order valence-corrected chi connectivity index (χ0v) is 10.3. The first kappa shape index (κ1) is 11.7. The highest BCUT2D eigenvalue weighted by molar-refractivity contribution is 7.16. The summed E-state index contributed by atoms with van der Waals surface area (Å²) in [6.07, 6.45) is 0.414. The van der Waals surface area contributed by atoms with Gasteiger partial charge in [-0.25, -0.2) is 4.79 Å². The highest BCUT2D eigenvalue weighted by atomic mass is 32.1. The largest absolute Gasteiger partial charge is 0.450 e. The average molecular weight is 251 g/mol. The smallest absolute Gasteiger partial charge is 0.410 e. The number of carbonyl (C=O) groups excluding carboxylic acids is 1. The number of nitrogen functional groups attached to an aromatic ring is 1. The van der Waals surface area contributed by atoms with E-state index in [2.05, 4.69) is 6.07 Å². The molecule has 0 radical (unpaired) electrons. The summed E-state index contributed by atoms with van der Waals surface area (Å²) in [5.74, 6) is 0. The summed E-state index contributed by atoms with van der Waals surface area (Å²) < 4.78 is 4.95. The van der Waals surface area contributed by atoms with E-state index in [0.29, 0.717) is 30.3 Å². The first-order valence-corrected chi connectivity index (χ1v) is 6.20. The number of anilines is 1. The molecule has 2 N–H and O–H groups in total. The average Bonchev–Trinajstić information content (AvgIpc) is 2.63. The molecule has 1 aromatic heterocycles. The van der Waals surface area contributed by atoms with Crippen molar-refractivity contribution in [2.24, 2.45) is 0 Å². The number of nitrogens with two attached hydrogens (primary N) is 1. The molecule has 0 aromatic carbocycles. The van der Waals surface area contributed by atoms with Crippen molar-refractivity contribution in [3.05, 3.63) is 16.0 Å². The number of ether oxygens (including phenoxy) is 1. The van der Waals surface area contributed by atoms with E-state index in [0.717, 1.165) is 16.9 Å². The minimum atomic E-state index is -0.327. The predicted molar refractivity (Wildman–Crippen MR) is 64.6 cm³/mol. The van der Waals surface area contributed by atoms with Gasteiger partial charge in [0.05, 0.1) is 18.7 Å². The van der Waals surface area contributed by atoms with Gasteiger partial charge >= 0.3 is 6.09 Å². The minimum Gasteiger partial charge on any atom is -0.450 e. The SMILES string of the molecule is CCOC(=O)N1CCc2sc(N)c(C#N)c2C1. The molecule has 1 aromatic rings. The first-order valence-electron chi connectivity index (χ1n) is 5.39. The van der Waals surface area contributed by atoms with E-state index in [9.17, 15) is 4.79 Å². The lowest BCUT2D eigenvalue weighted by Gasteiger charge is -2.26. The summed E-state index contributed by atoms with van der Waals surface area (Å²) in [7, 11) is 0.